The summed E-state index contributed by atoms with van der Waals surface area (Å²) in [6.45, 7) is 1.57. The summed E-state index contributed by atoms with van der Waals surface area (Å²) in [5.74, 6) is -0.0339. The molecule has 2 heterocycles. The molecule has 2 aromatic heterocycles. The number of rotatable bonds is 5. The number of fused-ring (bicyclic) bond motifs is 1. The van der Waals surface area contributed by atoms with Crippen molar-refractivity contribution in [3.63, 3.8) is 0 Å². The number of benzene rings is 2. The number of halogens is 1. The van der Waals surface area contributed by atoms with Crippen LogP contribution in [0.25, 0.3) is 15.9 Å². The Kier molecular flexibility index (Phi) is 5.67. The maximum atomic E-state index is 13.4. The van der Waals surface area contributed by atoms with E-state index in [-0.39, 0.29) is 6.54 Å². The maximum Gasteiger partial charge on any atom is 0.336 e. The highest BCUT2D eigenvalue weighted by Gasteiger charge is 2.19. The molecule has 0 saturated heterocycles. The van der Waals surface area contributed by atoms with E-state index >= 15 is 0 Å². The molecule has 0 fully saturated rings. The Morgan fingerprint density at radius 2 is 1.94 bits per heavy atom. The summed E-state index contributed by atoms with van der Waals surface area (Å²) in [7, 11) is 1.47. The molecule has 1 amide bonds. The van der Waals surface area contributed by atoms with Crippen molar-refractivity contribution in [2.75, 3.05) is 12.4 Å². The zero-order chi connectivity index (χ0) is 22.1. The third-order valence-electron chi connectivity index (χ3n) is 4.86. The summed E-state index contributed by atoms with van der Waals surface area (Å²) in [6.07, 6.45) is 0. The first kappa shape index (κ1) is 20.9. The third-order valence-corrected chi connectivity index (χ3v) is 5.98. The number of methoxy groups -OCH3 is 1. The van der Waals surface area contributed by atoms with Gasteiger partial charge < -0.3 is 10.1 Å². The van der Waals surface area contributed by atoms with Gasteiger partial charge in [-0.25, -0.2) is 9.36 Å². The maximum absolute atomic E-state index is 13.4. The lowest BCUT2D eigenvalue weighted by atomic mass is 10.2. The van der Waals surface area contributed by atoms with Crippen molar-refractivity contribution in [2.24, 2.45) is 0 Å². The molecule has 0 unspecified atom stereocenters. The number of nitrogens with zero attached hydrogens (tertiary/aromatic N) is 2. The van der Waals surface area contributed by atoms with E-state index in [0.29, 0.717) is 32.4 Å². The zero-order valence-corrected chi connectivity index (χ0v) is 18.3. The summed E-state index contributed by atoms with van der Waals surface area (Å²) >= 11 is 7.24. The first-order chi connectivity index (χ1) is 14.9. The van der Waals surface area contributed by atoms with Gasteiger partial charge in [-0.05, 0) is 48.2 Å². The van der Waals surface area contributed by atoms with Crippen LogP contribution in [-0.4, -0.2) is 22.2 Å². The van der Waals surface area contributed by atoms with Crippen LogP contribution in [-0.2, 0) is 11.3 Å². The predicted octanol–water partition coefficient (Wildman–Crippen LogP) is 3.82. The van der Waals surface area contributed by atoms with Crippen LogP contribution in [0.4, 0.5) is 5.69 Å². The molecule has 1 N–H and O–H groups in total. The minimum atomic E-state index is -0.627. The summed E-state index contributed by atoms with van der Waals surface area (Å²) in [6, 6.07) is 13.6. The van der Waals surface area contributed by atoms with Gasteiger partial charge in [-0.1, -0.05) is 29.8 Å². The molecule has 158 valence electrons. The summed E-state index contributed by atoms with van der Waals surface area (Å²) < 4.78 is 8.03. The molecule has 0 aliphatic heterocycles. The van der Waals surface area contributed by atoms with Gasteiger partial charge in [0.25, 0.3) is 5.56 Å². The number of amides is 1. The van der Waals surface area contributed by atoms with Gasteiger partial charge in [0.05, 0.1) is 18.3 Å². The third kappa shape index (κ3) is 3.87. The van der Waals surface area contributed by atoms with E-state index in [1.54, 1.807) is 53.9 Å². The Morgan fingerprint density at radius 1 is 1.16 bits per heavy atom. The van der Waals surface area contributed by atoms with E-state index in [1.165, 1.54) is 23.0 Å². The lowest BCUT2D eigenvalue weighted by Crippen LogP contribution is -2.40. The lowest BCUT2D eigenvalue weighted by molar-refractivity contribution is -0.116. The molecule has 0 atom stereocenters. The van der Waals surface area contributed by atoms with Crippen LogP contribution in [0.3, 0.4) is 0 Å². The van der Waals surface area contributed by atoms with Gasteiger partial charge in [-0.15, -0.1) is 11.3 Å². The standard InChI is InChI=1S/C22H18ClN3O4S/c1-13-7-8-14(23)11-15(13)24-19(27)12-25-17-9-10-31-20(17)21(28)26(22(25)29)16-5-3-4-6-18(16)30-2/h3-11H,12H2,1-2H3,(H,24,27). The number of para-hydroxylation sites is 2. The summed E-state index contributed by atoms with van der Waals surface area (Å²) in [4.78, 5) is 39.2. The van der Waals surface area contributed by atoms with Crippen LogP contribution in [0.2, 0.25) is 5.02 Å². The van der Waals surface area contributed by atoms with Crippen LogP contribution in [0.1, 0.15) is 5.56 Å². The second-order valence-corrected chi connectivity index (χ2v) is 8.18. The largest absolute Gasteiger partial charge is 0.495 e. The molecule has 0 aliphatic carbocycles. The van der Waals surface area contributed by atoms with Crippen LogP contribution in [0, 0.1) is 6.92 Å². The molecule has 0 aliphatic rings. The Morgan fingerprint density at radius 3 is 2.71 bits per heavy atom. The molecule has 2 aromatic carbocycles. The second-order valence-electron chi connectivity index (χ2n) is 6.82. The zero-order valence-electron chi connectivity index (χ0n) is 16.7. The van der Waals surface area contributed by atoms with Crippen molar-refractivity contribution in [3.8, 4) is 11.4 Å². The molecule has 7 nitrogen and oxygen atoms in total. The predicted molar refractivity (Wildman–Crippen MR) is 123 cm³/mol. The molecule has 9 heteroatoms. The fraction of sp³-hybridized carbons (Fsp3) is 0.136. The second kappa shape index (κ2) is 8.41. The molecule has 0 bridgehead atoms. The molecule has 0 saturated carbocycles. The van der Waals surface area contributed by atoms with E-state index in [1.807, 2.05) is 6.92 Å². The number of hydrogen-bond acceptors (Lipinski definition) is 5. The monoisotopic (exact) mass is 455 g/mol. The minimum Gasteiger partial charge on any atom is -0.495 e. The minimum absolute atomic E-state index is 0.270. The van der Waals surface area contributed by atoms with Crippen LogP contribution >= 0.6 is 22.9 Å². The van der Waals surface area contributed by atoms with Gasteiger partial charge in [0, 0.05) is 10.7 Å². The van der Waals surface area contributed by atoms with Crippen LogP contribution in [0.5, 0.6) is 5.75 Å². The number of carbonyl (C=O) groups excluding carboxylic acids is 1. The van der Waals surface area contributed by atoms with Crippen molar-refractivity contribution >= 4 is 44.7 Å². The fourth-order valence-corrected chi connectivity index (χ4v) is 4.33. The number of hydrogen-bond donors (Lipinski definition) is 1. The van der Waals surface area contributed by atoms with E-state index in [4.69, 9.17) is 16.3 Å². The Bertz CT molecular complexity index is 1420. The Labute approximate surface area is 186 Å². The molecule has 4 aromatic rings. The Balaban J connectivity index is 1.82. The van der Waals surface area contributed by atoms with Crippen molar-refractivity contribution in [1.82, 2.24) is 9.13 Å². The topological polar surface area (TPSA) is 82.3 Å². The molecular weight excluding hydrogens is 438 g/mol. The van der Waals surface area contributed by atoms with Crippen LogP contribution in [0.15, 0.2) is 63.5 Å². The highest BCUT2D eigenvalue weighted by molar-refractivity contribution is 7.17. The molecule has 31 heavy (non-hydrogen) atoms. The number of aryl methyl sites for hydroxylation is 1. The van der Waals surface area contributed by atoms with Gasteiger partial charge in [-0.2, -0.15) is 0 Å². The van der Waals surface area contributed by atoms with Crippen molar-refractivity contribution in [1.29, 1.82) is 0 Å². The van der Waals surface area contributed by atoms with Gasteiger partial charge >= 0.3 is 5.69 Å². The van der Waals surface area contributed by atoms with E-state index in [0.717, 1.165) is 10.1 Å². The number of thiophene rings is 1. The van der Waals surface area contributed by atoms with Crippen molar-refractivity contribution < 1.29 is 9.53 Å². The Hall–Kier alpha value is -3.36. The van der Waals surface area contributed by atoms with Crippen molar-refractivity contribution in [3.05, 3.63) is 85.3 Å². The average molecular weight is 456 g/mol. The van der Waals surface area contributed by atoms with Crippen LogP contribution < -0.4 is 21.3 Å². The number of anilines is 1. The highest BCUT2D eigenvalue weighted by atomic mass is 35.5. The molecular formula is C22H18ClN3O4S. The SMILES string of the molecule is COc1ccccc1-n1c(=O)c2sccc2n(CC(=O)Nc2cc(Cl)ccc2C)c1=O. The molecule has 0 spiro atoms. The summed E-state index contributed by atoms with van der Waals surface area (Å²) in [5.41, 5.74) is 1.04. The smallest absolute Gasteiger partial charge is 0.336 e. The normalized spacial score (nSPS) is 10.9. The van der Waals surface area contributed by atoms with Gasteiger partial charge in [0.15, 0.2) is 0 Å². The fourth-order valence-electron chi connectivity index (χ4n) is 3.33. The van der Waals surface area contributed by atoms with Crippen molar-refractivity contribution in [2.45, 2.75) is 13.5 Å². The number of aromatic nitrogens is 2. The average Bonchev–Trinajstić information content (AvgIpc) is 3.24. The van der Waals surface area contributed by atoms with E-state index < -0.39 is 17.2 Å². The summed E-state index contributed by atoms with van der Waals surface area (Å²) in [5, 5.41) is 4.99. The molecule has 0 radical (unpaired) electrons. The van der Waals surface area contributed by atoms with E-state index in [9.17, 15) is 14.4 Å². The first-order valence-electron chi connectivity index (χ1n) is 9.33. The number of nitrogens with one attached hydrogen (secondary N) is 1. The number of carbonyl (C=O) groups is 1. The van der Waals surface area contributed by atoms with Gasteiger partial charge in [0.2, 0.25) is 5.91 Å². The van der Waals surface area contributed by atoms with Gasteiger partial charge in [-0.3, -0.25) is 14.2 Å². The molecule has 4 rings (SSSR count). The van der Waals surface area contributed by atoms with Gasteiger partial charge in [0.1, 0.15) is 17.0 Å². The number of ether oxygens (including phenoxy) is 1. The first-order valence-corrected chi connectivity index (χ1v) is 10.6. The highest BCUT2D eigenvalue weighted by Crippen LogP contribution is 2.23. The quantitative estimate of drug-likeness (QED) is 0.496. The van der Waals surface area contributed by atoms with E-state index in [2.05, 4.69) is 5.32 Å². The lowest BCUT2D eigenvalue weighted by Gasteiger charge is -2.15.